The van der Waals surface area contributed by atoms with Gasteiger partial charge in [-0.25, -0.2) is 0 Å². The van der Waals surface area contributed by atoms with Crippen LogP contribution in [0.1, 0.15) is 103 Å². The number of likely N-dealkylation sites (tertiary alicyclic amines) is 1. The number of rotatable bonds is 14. The summed E-state index contributed by atoms with van der Waals surface area (Å²) in [5, 5.41) is 12.3. The fourth-order valence-corrected chi connectivity index (χ4v) is 9.05. The van der Waals surface area contributed by atoms with E-state index in [9.17, 15) is 28.8 Å². The van der Waals surface area contributed by atoms with Crippen molar-refractivity contribution in [3.63, 3.8) is 0 Å². The highest BCUT2D eigenvalue weighted by molar-refractivity contribution is 6.38. The Kier molecular flexibility index (Phi) is 11.3. The van der Waals surface area contributed by atoms with Gasteiger partial charge in [0.15, 0.2) is 0 Å². The average molecular weight is 755 g/mol. The predicted octanol–water partition coefficient (Wildman–Crippen LogP) is 4.47. The normalized spacial score (nSPS) is 24.0. The van der Waals surface area contributed by atoms with E-state index in [2.05, 4.69) is 46.7 Å². The third-order valence-electron chi connectivity index (χ3n) is 12.8. The van der Waals surface area contributed by atoms with Crippen LogP contribution in [-0.2, 0) is 24.0 Å². The van der Waals surface area contributed by atoms with Crippen molar-refractivity contribution in [3.05, 3.63) is 54.7 Å². The molecule has 4 N–H and O–H groups in total. The largest absolute Gasteiger partial charge is 0.346 e. The fourth-order valence-electron chi connectivity index (χ4n) is 9.05. The molecule has 12 heteroatoms. The third kappa shape index (κ3) is 8.48. The molecule has 3 aliphatic carbocycles. The van der Waals surface area contributed by atoms with E-state index in [1.54, 1.807) is 11.0 Å². The van der Waals surface area contributed by atoms with Gasteiger partial charge >= 0.3 is 0 Å². The summed E-state index contributed by atoms with van der Waals surface area (Å²) in [4.78, 5) is 89.5. The van der Waals surface area contributed by atoms with Crippen LogP contribution >= 0.6 is 0 Å². The van der Waals surface area contributed by atoms with Crippen molar-refractivity contribution in [1.82, 2.24) is 31.2 Å². The lowest BCUT2D eigenvalue weighted by molar-refractivity contribution is -0.147. The molecule has 12 nitrogen and oxygen atoms in total. The first-order chi connectivity index (χ1) is 26.0. The Labute approximate surface area is 324 Å². The number of pyridine rings is 1. The summed E-state index contributed by atoms with van der Waals surface area (Å²) in [5.74, 6) is -3.08. The summed E-state index contributed by atoms with van der Waals surface area (Å²) >= 11 is 0. The number of ketones is 1. The summed E-state index contributed by atoms with van der Waals surface area (Å²) in [5.41, 5.74) is -0.444. The monoisotopic (exact) mass is 754 g/mol. The van der Waals surface area contributed by atoms with Gasteiger partial charge in [-0.2, -0.15) is 0 Å². The summed E-state index contributed by atoms with van der Waals surface area (Å²) in [7, 11) is 0. The quantitative estimate of drug-likeness (QED) is 0.163. The van der Waals surface area contributed by atoms with Crippen LogP contribution in [-0.4, -0.2) is 82.5 Å². The number of carbonyl (C=O) groups is 6. The molecule has 3 saturated carbocycles. The van der Waals surface area contributed by atoms with Crippen molar-refractivity contribution in [3.8, 4) is 0 Å². The van der Waals surface area contributed by atoms with Crippen LogP contribution < -0.4 is 21.3 Å². The van der Waals surface area contributed by atoms with E-state index in [-0.39, 0.29) is 29.7 Å². The molecule has 5 amide bonds. The van der Waals surface area contributed by atoms with Gasteiger partial charge in [-0.15, -0.1) is 6.58 Å². The lowest BCUT2D eigenvalue weighted by atomic mass is 9.70. The molecule has 0 radical (unpaired) electrons. The Morgan fingerprint density at radius 1 is 0.982 bits per heavy atom. The van der Waals surface area contributed by atoms with Crippen LogP contribution in [0.15, 0.2) is 49.2 Å². The molecule has 4 fully saturated rings. The number of nitrogens with one attached hydrogen (secondary N) is 4. The first-order valence-corrected chi connectivity index (χ1v) is 20.0. The molecule has 1 aromatic carbocycles. The minimum absolute atomic E-state index is 0.0562. The van der Waals surface area contributed by atoms with Gasteiger partial charge in [0.25, 0.3) is 11.8 Å². The van der Waals surface area contributed by atoms with Gasteiger partial charge in [0.2, 0.25) is 23.5 Å². The molecule has 1 aromatic heterocycles. The second-order valence-electron chi connectivity index (χ2n) is 18.3. The number of carbonyl (C=O) groups excluding carboxylic acids is 6. The summed E-state index contributed by atoms with van der Waals surface area (Å²) in [6.07, 6.45) is 9.53. The van der Waals surface area contributed by atoms with E-state index in [1.807, 2.05) is 52.0 Å². The number of Topliss-reactive ketones (excluding diaryl/α,β-unsaturated/α-hetero) is 1. The maximum Gasteiger partial charge on any atom is 0.289 e. The van der Waals surface area contributed by atoms with Crippen molar-refractivity contribution < 1.29 is 28.8 Å². The molecule has 6 atom stereocenters. The first-order valence-electron chi connectivity index (χ1n) is 20.0. The topological polar surface area (TPSA) is 167 Å². The molecule has 1 saturated heterocycles. The van der Waals surface area contributed by atoms with E-state index in [4.69, 9.17) is 0 Å². The molecule has 0 spiro atoms. The molecular weight excluding hydrogens is 697 g/mol. The summed E-state index contributed by atoms with van der Waals surface area (Å²) < 4.78 is 0. The van der Waals surface area contributed by atoms with Crippen molar-refractivity contribution in [1.29, 1.82) is 0 Å². The van der Waals surface area contributed by atoms with E-state index >= 15 is 0 Å². The number of hydrogen-bond acceptors (Lipinski definition) is 7. The summed E-state index contributed by atoms with van der Waals surface area (Å²) in [6.45, 7) is 15.8. The van der Waals surface area contributed by atoms with Crippen molar-refractivity contribution in [2.24, 2.45) is 34.0 Å². The number of piperidine rings is 1. The van der Waals surface area contributed by atoms with Crippen LogP contribution in [0, 0.1) is 34.0 Å². The Bertz CT molecular complexity index is 1860. The fraction of sp³-hybridized carbons (Fsp3) is 0.605. The number of hydrogen-bond donors (Lipinski definition) is 4. The number of nitrogens with zero attached hydrogens (tertiary/aromatic N) is 2. The van der Waals surface area contributed by atoms with Gasteiger partial charge in [-0.05, 0) is 65.4 Å². The molecule has 2 heterocycles. The number of aromatic nitrogens is 1. The van der Waals surface area contributed by atoms with Crippen LogP contribution in [0.2, 0.25) is 0 Å². The molecule has 55 heavy (non-hydrogen) atoms. The van der Waals surface area contributed by atoms with Crippen molar-refractivity contribution >= 4 is 46.2 Å². The number of amides is 5. The Balaban J connectivity index is 1.24. The first kappa shape index (κ1) is 40.1. The van der Waals surface area contributed by atoms with Gasteiger partial charge < -0.3 is 26.2 Å². The van der Waals surface area contributed by atoms with E-state index in [1.165, 1.54) is 12.3 Å². The van der Waals surface area contributed by atoms with E-state index in [0.717, 1.165) is 55.8 Å². The third-order valence-corrected chi connectivity index (χ3v) is 12.8. The lowest BCUT2D eigenvalue weighted by Crippen LogP contribution is -2.64. The maximum atomic E-state index is 14.8. The molecule has 0 bridgehead atoms. The van der Waals surface area contributed by atoms with Gasteiger partial charge in [-0.1, -0.05) is 97.9 Å². The second-order valence-corrected chi connectivity index (χ2v) is 18.3. The van der Waals surface area contributed by atoms with Gasteiger partial charge in [0.1, 0.15) is 18.1 Å². The molecule has 296 valence electrons. The Morgan fingerprint density at radius 3 is 2.33 bits per heavy atom. The zero-order valence-corrected chi connectivity index (χ0v) is 33.2. The Morgan fingerprint density at radius 2 is 1.67 bits per heavy atom. The molecule has 4 aliphatic rings. The van der Waals surface area contributed by atoms with Crippen LogP contribution in [0.25, 0.3) is 10.9 Å². The van der Waals surface area contributed by atoms with Crippen LogP contribution in [0.4, 0.5) is 0 Å². The highest BCUT2D eigenvalue weighted by Crippen LogP contribution is 2.65. The number of para-hydroxylation sites is 1. The second kappa shape index (κ2) is 15.5. The van der Waals surface area contributed by atoms with Crippen molar-refractivity contribution in [2.45, 2.75) is 117 Å². The van der Waals surface area contributed by atoms with Gasteiger partial charge in [0, 0.05) is 24.7 Å². The highest BCUT2D eigenvalue weighted by Gasteiger charge is 2.70. The smallest absolute Gasteiger partial charge is 0.289 e. The standard InChI is InChI=1S/C43H58N6O6/c1-8-20-44-38(53)33(50)30(21-25-16-17-25)46-37(52)32-31-28(42(31,5)6)24-49(32)40(55)35(41(2,3)4)48-39(54)34(43(7)18-12-9-13-19-43)47-36(51)27-22-26-14-10-11-15-29(26)45-23-27/h8,10-11,14-15,22-23,25,28,30-32,34-35H,1,9,12-13,16-21,24H2,2-7H3,(H,44,53)(H,46,52)(H,47,51)(H,48,54)/t28-,30?,31-,32-,34+,35+/m0/s1. The van der Waals surface area contributed by atoms with Crippen molar-refractivity contribution in [2.75, 3.05) is 13.1 Å². The Hall–Kier alpha value is -4.61. The predicted molar refractivity (Wildman–Crippen MR) is 209 cm³/mol. The number of benzene rings is 1. The van der Waals surface area contributed by atoms with Crippen LogP contribution in [0.3, 0.4) is 0 Å². The van der Waals surface area contributed by atoms with E-state index < -0.39 is 70.3 Å². The molecule has 2 aromatic rings. The highest BCUT2D eigenvalue weighted by atomic mass is 16.2. The molecular formula is C43H58N6O6. The molecule has 1 unspecified atom stereocenters. The number of fused-ring (bicyclic) bond motifs is 2. The SMILES string of the molecule is C=CCNC(=O)C(=O)C(CC1CC1)NC(=O)[C@@H]1[C@@H]2[C@H](CN1C(=O)[C@@H](NC(=O)[C@@H](NC(=O)c1cnc3ccccc3c1)C1(C)CCCCC1)C(C)(C)C)C2(C)C. The van der Waals surface area contributed by atoms with Crippen LogP contribution in [0.5, 0.6) is 0 Å². The molecule has 1 aliphatic heterocycles. The minimum Gasteiger partial charge on any atom is -0.346 e. The van der Waals surface area contributed by atoms with E-state index in [0.29, 0.717) is 18.5 Å². The van der Waals surface area contributed by atoms with Gasteiger partial charge in [-0.3, -0.25) is 33.8 Å². The average Bonchev–Trinajstić information content (AvgIpc) is 4.01. The summed E-state index contributed by atoms with van der Waals surface area (Å²) in [6, 6.07) is 5.42. The zero-order valence-electron chi connectivity index (χ0n) is 33.2. The lowest BCUT2D eigenvalue weighted by Gasteiger charge is -2.42. The minimum atomic E-state index is -1.03. The zero-order chi connectivity index (χ0) is 39.9. The molecule has 6 rings (SSSR count). The maximum absolute atomic E-state index is 14.8. The van der Waals surface area contributed by atoms with Gasteiger partial charge in [0.05, 0.1) is 17.1 Å².